The van der Waals surface area contributed by atoms with E-state index < -0.39 is 8.60 Å². The number of hydrogen-bond donors (Lipinski definition) is 2. The van der Waals surface area contributed by atoms with Crippen molar-refractivity contribution < 1.29 is 23.4 Å². The Bertz CT molecular complexity index is 1410. The van der Waals surface area contributed by atoms with E-state index in [-0.39, 0.29) is 25.4 Å². The molecule has 51 heavy (non-hydrogen) atoms. The second-order valence-corrected chi connectivity index (χ2v) is 14.9. The summed E-state index contributed by atoms with van der Waals surface area (Å²) in [6, 6.07) is 11.2. The van der Waals surface area contributed by atoms with Crippen LogP contribution in [0.4, 0.5) is 5.82 Å². The lowest BCUT2D eigenvalue weighted by Gasteiger charge is -2.21. The van der Waals surface area contributed by atoms with Crippen LogP contribution in [0.1, 0.15) is 139 Å². The Kier molecular flexibility index (Phi) is 22.3. The molecule has 3 atom stereocenters. The summed E-state index contributed by atoms with van der Waals surface area (Å²) in [5, 5.41) is 14.1. The van der Waals surface area contributed by atoms with Crippen molar-refractivity contribution in [3.05, 3.63) is 58.5 Å². The van der Waals surface area contributed by atoms with Crippen LogP contribution in [0.5, 0.6) is 0 Å². The molecule has 3 N–H and O–H groups in total. The van der Waals surface area contributed by atoms with Crippen LogP contribution in [0.3, 0.4) is 0 Å². The van der Waals surface area contributed by atoms with Gasteiger partial charge in [0.15, 0.2) is 5.82 Å². The van der Waals surface area contributed by atoms with E-state index in [2.05, 4.69) is 23.1 Å². The van der Waals surface area contributed by atoms with Gasteiger partial charge in [0.05, 0.1) is 43.7 Å². The summed E-state index contributed by atoms with van der Waals surface area (Å²) in [5.41, 5.74) is 9.02. The molecule has 2 aromatic heterocycles. The molecule has 0 radical (unpaired) electrons. The van der Waals surface area contributed by atoms with Gasteiger partial charge in [-0.15, -0.1) is 0 Å². The number of nitrogens with two attached hydrogens (primary N) is 1. The highest BCUT2D eigenvalue weighted by molar-refractivity contribution is 7.40. The highest BCUT2D eigenvalue weighted by atomic mass is 35.5. The van der Waals surface area contributed by atoms with E-state index in [9.17, 15) is 10.2 Å². The molecule has 0 fully saturated rings. The van der Waals surface area contributed by atoms with E-state index >= 15 is 0 Å². The number of aryl methyl sites for hydroxylation is 1. The lowest BCUT2D eigenvalue weighted by molar-refractivity contribution is -0.00528. The number of benzene rings is 1. The molecule has 284 valence electrons. The third-order valence-corrected chi connectivity index (χ3v) is 10.3. The summed E-state index contributed by atoms with van der Waals surface area (Å²) < 4.78 is 25.1. The van der Waals surface area contributed by atoms with E-state index in [1.165, 1.54) is 96.2 Å². The number of hydrogen-bond acceptors (Lipinski definition) is 9. The van der Waals surface area contributed by atoms with Crippen LogP contribution in [0.2, 0.25) is 5.02 Å². The van der Waals surface area contributed by atoms with E-state index in [0.29, 0.717) is 35.9 Å². The van der Waals surface area contributed by atoms with Gasteiger partial charge >= 0.3 is 8.60 Å². The lowest BCUT2D eigenvalue weighted by atomic mass is 10.0. The van der Waals surface area contributed by atoms with E-state index in [4.69, 9.17) is 35.9 Å². The molecule has 2 heterocycles. The molecule has 0 saturated carbocycles. The monoisotopic (exact) mass is 745 g/mol. The molecular weight excluding hydrogens is 685 g/mol. The molecule has 10 nitrogen and oxygen atoms in total. The first-order chi connectivity index (χ1) is 24.9. The first-order valence-corrected chi connectivity index (χ1v) is 20.6. The SMILES string of the molecule is CCCCCCCCCCCCCCCCCCC(COP(O)OCC(CCc1ccc2c(N)ncnn12)OC)OCc1cc(Cl)cc(C#N)c1. The minimum absolute atomic E-state index is 0.184. The predicted molar refractivity (Wildman–Crippen MR) is 206 cm³/mol. The summed E-state index contributed by atoms with van der Waals surface area (Å²) in [6.07, 6.45) is 24.2. The fraction of sp³-hybridized carbons (Fsp3) is 0.667. The Hall–Kier alpha value is -2.35. The Morgan fingerprint density at radius 1 is 0.863 bits per heavy atom. The number of nitrogen functional groups attached to an aromatic ring is 1. The topological polar surface area (TPSA) is 137 Å². The van der Waals surface area contributed by atoms with Crippen LogP contribution in [0.25, 0.3) is 5.52 Å². The quantitative estimate of drug-likeness (QED) is 0.0504. The van der Waals surface area contributed by atoms with E-state index in [1.807, 2.05) is 12.1 Å². The van der Waals surface area contributed by atoms with Gasteiger partial charge in [-0.25, -0.2) is 9.50 Å². The third kappa shape index (κ3) is 17.8. The highest BCUT2D eigenvalue weighted by Crippen LogP contribution is 2.34. The normalized spacial score (nSPS) is 13.4. The average Bonchev–Trinajstić information content (AvgIpc) is 3.56. The highest BCUT2D eigenvalue weighted by Gasteiger charge is 2.18. The Balaban J connectivity index is 1.34. The van der Waals surface area contributed by atoms with Gasteiger partial charge in [0.1, 0.15) is 11.8 Å². The smallest absolute Gasteiger partial charge is 0.330 e. The van der Waals surface area contributed by atoms with Crippen molar-refractivity contribution in [3.8, 4) is 6.07 Å². The number of anilines is 1. The number of fused-ring (bicyclic) bond motifs is 1. The van der Waals surface area contributed by atoms with Gasteiger partial charge < -0.3 is 29.1 Å². The van der Waals surface area contributed by atoms with Crippen LogP contribution >= 0.6 is 20.2 Å². The first kappa shape index (κ1) is 43.1. The summed E-state index contributed by atoms with van der Waals surface area (Å²) >= 11 is 6.21. The number of methoxy groups -OCH3 is 1. The van der Waals surface area contributed by atoms with Crippen molar-refractivity contribution in [3.63, 3.8) is 0 Å². The van der Waals surface area contributed by atoms with Crippen molar-refractivity contribution in [1.29, 1.82) is 5.26 Å². The molecule has 1 aromatic carbocycles. The maximum absolute atomic E-state index is 10.6. The number of nitriles is 1. The Morgan fingerprint density at radius 3 is 2.08 bits per heavy atom. The van der Waals surface area contributed by atoms with Crippen LogP contribution in [0, 0.1) is 11.3 Å². The second-order valence-electron chi connectivity index (χ2n) is 13.5. The Morgan fingerprint density at radius 2 is 1.47 bits per heavy atom. The van der Waals surface area contributed by atoms with Crippen molar-refractivity contribution in [2.24, 2.45) is 0 Å². The van der Waals surface area contributed by atoms with Gasteiger partial charge in [0.25, 0.3) is 0 Å². The zero-order chi connectivity index (χ0) is 36.5. The molecule has 12 heteroatoms. The van der Waals surface area contributed by atoms with E-state index in [0.717, 1.165) is 36.0 Å². The van der Waals surface area contributed by atoms with Gasteiger partial charge in [0, 0.05) is 17.8 Å². The third-order valence-electron chi connectivity index (χ3n) is 9.31. The molecular formula is C39H61ClN5O5P. The fourth-order valence-corrected chi connectivity index (χ4v) is 7.17. The van der Waals surface area contributed by atoms with Crippen molar-refractivity contribution in [1.82, 2.24) is 14.6 Å². The maximum Gasteiger partial charge on any atom is 0.330 e. The molecule has 3 unspecified atom stereocenters. The van der Waals surface area contributed by atoms with Crippen molar-refractivity contribution in [2.45, 2.75) is 148 Å². The first-order valence-electron chi connectivity index (χ1n) is 19.1. The number of ether oxygens (including phenoxy) is 2. The van der Waals surface area contributed by atoms with Crippen LogP contribution in [0.15, 0.2) is 36.7 Å². The van der Waals surface area contributed by atoms with Gasteiger partial charge in [-0.3, -0.25) is 0 Å². The summed E-state index contributed by atoms with van der Waals surface area (Å²) in [6.45, 7) is 2.95. The van der Waals surface area contributed by atoms with Crippen LogP contribution in [-0.2, 0) is 31.5 Å². The van der Waals surface area contributed by atoms with E-state index in [1.54, 1.807) is 29.8 Å². The Labute approximate surface area is 312 Å². The molecule has 3 rings (SSSR count). The minimum atomic E-state index is -2.12. The summed E-state index contributed by atoms with van der Waals surface area (Å²) in [7, 11) is -0.498. The van der Waals surface area contributed by atoms with Gasteiger partial charge in [-0.1, -0.05) is 121 Å². The molecule has 0 bridgehead atoms. The predicted octanol–water partition coefficient (Wildman–Crippen LogP) is 10.3. The zero-order valence-corrected chi connectivity index (χ0v) is 32.6. The standard InChI is InChI=1S/C39H61ClN5O5P/c1-3-4-5-6-7-8-9-10-11-12-13-14-15-16-17-18-19-37(48-28-33-24-32(27-41)25-34(40)26-33)30-50-51(46)49-29-36(47-2)22-20-35-21-23-38-39(42)43-31-44-45(35)38/h21,23-26,31,36-37,46H,3-20,22,28-30H2,1-2H3,(H2,42,43,44). The molecule has 0 aliphatic carbocycles. The number of nitrogens with zero attached hydrogens (tertiary/aromatic N) is 4. The summed E-state index contributed by atoms with van der Waals surface area (Å²) in [5.74, 6) is 0.433. The molecule has 0 aliphatic heterocycles. The van der Waals surface area contributed by atoms with Gasteiger partial charge in [-0.2, -0.15) is 10.4 Å². The van der Waals surface area contributed by atoms with Gasteiger partial charge in [0.2, 0.25) is 0 Å². The molecule has 3 aromatic rings. The molecule has 0 saturated heterocycles. The maximum atomic E-state index is 10.6. The van der Waals surface area contributed by atoms with Crippen LogP contribution < -0.4 is 5.73 Å². The zero-order valence-electron chi connectivity index (χ0n) is 30.9. The summed E-state index contributed by atoms with van der Waals surface area (Å²) in [4.78, 5) is 14.6. The molecule has 0 spiro atoms. The largest absolute Gasteiger partial charge is 0.382 e. The average molecular weight is 746 g/mol. The number of aromatic nitrogens is 3. The molecule has 0 aliphatic rings. The minimum Gasteiger partial charge on any atom is -0.382 e. The van der Waals surface area contributed by atoms with Crippen molar-refractivity contribution >= 4 is 31.5 Å². The van der Waals surface area contributed by atoms with Crippen molar-refractivity contribution in [2.75, 3.05) is 26.1 Å². The van der Waals surface area contributed by atoms with Crippen LogP contribution in [-0.4, -0.2) is 52.0 Å². The number of halogens is 1. The second kappa shape index (κ2) is 26.4. The number of unbranched alkanes of at least 4 members (excludes halogenated alkanes) is 15. The lowest BCUT2D eigenvalue weighted by Crippen LogP contribution is -2.21. The fourth-order valence-electron chi connectivity index (χ4n) is 6.25. The number of rotatable bonds is 30. The molecule has 0 amide bonds. The van der Waals surface area contributed by atoms with Gasteiger partial charge in [-0.05, 0) is 55.2 Å².